The molecule has 2 fully saturated rings. The number of rotatable bonds is 3. The topological polar surface area (TPSA) is 41.6 Å². The highest BCUT2D eigenvalue weighted by Gasteiger charge is 2.35. The van der Waals surface area contributed by atoms with E-state index in [0.29, 0.717) is 18.6 Å². The Bertz CT molecular complexity index is 291. The maximum absolute atomic E-state index is 12.4. The second-order valence-electron chi connectivity index (χ2n) is 5.99. The van der Waals surface area contributed by atoms with Crippen molar-refractivity contribution in [3.63, 3.8) is 0 Å². The second-order valence-corrected chi connectivity index (χ2v) is 5.99. The summed E-state index contributed by atoms with van der Waals surface area (Å²) in [5, 5.41) is 3.23. The quantitative estimate of drug-likeness (QED) is 0.862. The van der Waals surface area contributed by atoms with Crippen LogP contribution in [0.1, 0.15) is 39.5 Å². The largest absolute Gasteiger partial charge is 0.366 e. The third-order valence-electron chi connectivity index (χ3n) is 4.15. The van der Waals surface area contributed by atoms with Crippen LogP contribution < -0.4 is 5.32 Å². The monoisotopic (exact) mass is 290 g/mol. The van der Waals surface area contributed by atoms with E-state index >= 15 is 0 Å². The van der Waals surface area contributed by atoms with Crippen LogP contribution in [0.3, 0.4) is 0 Å². The zero-order chi connectivity index (χ0) is 13.0. The van der Waals surface area contributed by atoms with E-state index in [4.69, 9.17) is 4.74 Å². The number of carbonyl (C=O) groups excluding carboxylic acids is 1. The Kier molecular flexibility index (Phi) is 6.57. The minimum absolute atomic E-state index is 0. The number of hydrogen-bond donors (Lipinski definition) is 1. The SMILES string of the molecule is CCCC1(C)CCCN(C(=O)C2CNCCO2)C1.Cl. The molecule has 2 heterocycles. The third kappa shape index (κ3) is 4.33. The van der Waals surface area contributed by atoms with Gasteiger partial charge in [0.25, 0.3) is 5.91 Å². The van der Waals surface area contributed by atoms with Crippen LogP contribution >= 0.6 is 12.4 Å². The molecule has 4 nitrogen and oxygen atoms in total. The van der Waals surface area contributed by atoms with Crippen molar-refractivity contribution in [2.45, 2.75) is 45.6 Å². The summed E-state index contributed by atoms with van der Waals surface area (Å²) < 4.78 is 5.57. The van der Waals surface area contributed by atoms with Gasteiger partial charge in [0.15, 0.2) is 0 Å². The summed E-state index contributed by atoms with van der Waals surface area (Å²) in [4.78, 5) is 14.4. The predicted octanol–water partition coefficient (Wildman–Crippen LogP) is 1.83. The molecular weight excluding hydrogens is 264 g/mol. The van der Waals surface area contributed by atoms with E-state index in [1.54, 1.807) is 0 Å². The van der Waals surface area contributed by atoms with Crippen molar-refractivity contribution in [3.05, 3.63) is 0 Å². The van der Waals surface area contributed by atoms with E-state index in [9.17, 15) is 4.79 Å². The Hall–Kier alpha value is -0.320. The Balaban J connectivity index is 0.00000180. The van der Waals surface area contributed by atoms with Gasteiger partial charge < -0.3 is 15.0 Å². The van der Waals surface area contributed by atoms with Gasteiger partial charge in [-0.15, -0.1) is 12.4 Å². The lowest BCUT2D eigenvalue weighted by atomic mass is 9.78. The van der Waals surface area contributed by atoms with Crippen molar-refractivity contribution >= 4 is 18.3 Å². The number of nitrogens with zero attached hydrogens (tertiary/aromatic N) is 1. The number of hydrogen-bond acceptors (Lipinski definition) is 3. The van der Waals surface area contributed by atoms with Crippen molar-refractivity contribution < 1.29 is 9.53 Å². The van der Waals surface area contributed by atoms with Crippen LogP contribution in [0.15, 0.2) is 0 Å². The molecule has 0 aliphatic carbocycles. The van der Waals surface area contributed by atoms with Crippen molar-refractivity contribution in [1.82, 2.24) is 10.2 Å². The first-order chi connectivity index (χ1) is 8.64. The summed E-state index contributed by atoms with van der Waals surface area (Å²) >= 11 is 0. The van der Waals surface area contributed by atoms with Gasteiger partial charge in [-0.3, -0.25) is 4.79 Å². The molecule has 0 radical (unpaired) electrons. The Morgan fingerprint density at radius 2 is 2.32 bits per heavy atom. The molecule has 2 saturated heterocycles. The van der Waals surface area contributed by atoms with Crippen molar-refractivity contribution in [2.75, 3.05) is 32.8 Å². The molecule has 1 amide bonds. The summed E-state index contributed by atoms with van der Waals surface area (Å²) in [6.45, 7) is 8.52. The maximum Gasteiger partial charge on any atom is 0.253 e. The fourth-order valence-corrected chi connectivity index (χ4v) is 3.24. The number of likely N-dealkylation sites (tertiary alicyclic amines) is 1. The lowest BCUT2D eigenvalue weighted by Crippen LogP contribution is -2.53. The van der Waals surface area contributed by atoms with Crippen LogP contribution in [0.4, 0.5) is 0 Å². The molecule has 0 aromatic rings. The summed E-state index contributed by atoms with van der Waals surface area (Å²) in [7, 11) is 0. The average Bonchev–Trinajstić information content (AvgIpc) is 2.39. The van der Waals surface area contributed by atoms with Crippen LogP contribution in [-0.2, 0) is 9.53 Å². The maximum atomic E-state index is 12.4. The second kappa shape index (κ2) is 7.46. The van der Waals surface area contributed by atoms with Crippen LogP contribution in [0.5, 0.6) is 0 Å². The predicted molar refractivity (Wildman–Crippen MR) is 78.7 cm³/mol. The number of morpholine rings is 1. The van der Waals surface area contributed by atoms with Crippen molar-refractivity contribution in [1.29, 1.82) is 0 Å². The van der Waals surface area contributed by atoms with Gasteiger partial charge in [-0.25, -0.2) is 0 Å². The van der Waals surface area contributed by atoms with Crippen LogP contribution in [0.2, 0.25) is 0 Å². The summed E-state index contributed by atoms with van der Waals surface area (Å²) in [5.74, 6) is 0.184. The van der Waals surface area contributed by atoms with Gasteiger partial charge >= 0.3 is 0 Å². The Morgan fingerprint density at radius 3 is 2.95 bits per heavy atom. The van der Waals surface area contributed by atoms with Gasteiger partial charge in [-0.1, -0.05) is 20.3 Å². The molecule has 1 N–H and O–H groups in total. The molecule has 112 valence electrons. The molecule has 0 spiro atoms. The standard InChI is InChI=1S/C14H26N2O2.ClH/c1-3-5-14(2)6-4-8-16(11-14)13(17)12-10-15-7-9-18-12;/h12,15H,3-11H2,1-2H3;1H. The van der Waals surface area contributed by atoms with Gasteiger partial charge in [0.1, 0.15) is 6.10 Å². The van der Waals surface area contributed by atoms with E-state index in [1.807, 2.05) is 4.90 Å². The molecule has 0 aromatic carbocycles. The van der Waals surface area contributed by atoms with E-state index in [2.05, 4.69) is 19.2 Å². The summed E-state index contributed by atoms with van der Waals surface area (Å²) in [5.41, 5.74) is 0.310. The lowest BCUT2D eigenvalue weighted by Gasteiger charge is -2.42. The number of halogens is 1. The molecule has 2 rings (SSSR count). The smallest absolute Gasteiger partial charge is 0.253 e. The molecule has 19 heavy (non-hydrogen) atoms. The highest BCUT2D eigenvalue weighted by molar-refractivity contribution is 5.85. The molecular formula is C14H27ClN2O2. The minimum Gasteiger partial charge on any atom is -0.366 e. The third-order valence-corrected chi connectivity index (χ3v) is 4.15. The Labute approximate surface area is 122 Å². The zero-order valence-electron chi connectivity index (χ0n) is 12.1. The fraction of sp³-hybridized carbons (Fsp3) is 0.929. The molecule has 2 unspecified atom stereocenters. The molecule has 0 aromatic heterocycles. The highest BCUT2D eigenvalue weighted by atomic mass is 35.5. The summed E-state index contributed by atoms with van der Waals surface area (Å²) in [6, 6.07) is 0. The number of nitrogens with one attached hydrogen (secondary N) is 1. The molecule has 2 aliphatic heterocycles. The minimum atomic E-state index is -0.261. The molecule has 0 bridgehead atoms. The molecule has 5 heteroatoms. The average molecular weight is 291 g/mol. The van der Waals surface area contributed by atoms with Crippen LogP contribution in [0, 0.1) is 5.41 Å². The molecule has 0 saturated carbocycles. The fourth-order valence-electron chi connectivity index (χ4n) is 3.24. The summed E-state index contributed by atoms with van der Waals surface area (Å²) in [6.07, 6.45) is 4.51. The Morgan fingerprint density at radius 1 is 1.53 bits per heavy atom. The van der Waals surface area contributed by atoms with E-state index in [-0.39, 0.29) is 24.4 Å². The first kappa shape index (κ1) is 16.7. The number of ether oxygens (including phenoxy) is 1. The molecule has 2 atom stereocenters. The number of carbonyl (C=O) groups is 1. The highest BCUT2D eigenvalue weighted by Crippen LogP contribution is 2.34. The molecule has 2 aliphatic rings. The van der Waals surface area contributed by atoms with Crippen molar-refractivity contribution in [2.24, 2.45) is 5.41 Å². The first-order valence-electron chi connectivity index (χ1n) is 7.26. The normalized spacial score (nSPS) is 31.7. The zero-order valence-corrected chi connectivity index (χ0v) is 12.9. The van der Waals surface area contributed by atoms with Gasteiger partial charge in [0, 0.05) is 26.2 Å². The van der Waals surface area contributed by atoms with Gasteiger partial charge in [-0.05, 0) is 24.7 Å². The first-order valence-corrected chi connectivity index (χ1v) is 7.26. The van der Waals surface area contributed by atoms with Crippen LogP contribution in [0.25, 0.3) is 0 Å². The van der Waals surface area contributed by atoms with Gasteiger partial charge in [0.05, 0.1) is 6.61 Å². The number of amides is 1. The van der Waals surface area contributed by atoms with Gasteiger partial charge in [0.2, 0.25) is 0 Å². The lowest BCUT2D eigenvalue weighted by molar-refractivity contribution is -0.148. The van der Waals surface area contributed by atoms with E-state index in [1.165, 1.54) is 19.3 Å². The van der Waals surface area contributed by atoms with Crippen molar-refractivity contribution in [3.8, 4) is 0 Å². The van der Waals surface area contributed by atoms with E-state index < -0.39 is 0 Å². The number of piperidine rings is 1. The van der Waals surface area contributed by atoms with E-state index in [0.717, 1.165) is 26.1 Å². The van der Waals surface area contributed by atoms with Gasteiger partial charge in [-0.2, -0.15) is 0 Å². The van der Waals surface area contributed by atoms with Crippen LogP contribution in [-0.4, -0.2) is 49.7 Å².